The molecule has 0 atom stereocenters. The van der Waals surface area contributed by atoms with Crippen molar-refractivity contribution in [3.63, 3.8) is 0 Å². The van der Waals surface area contributed by atoms with Gasteiger partial charge in [-0.15, -0.1) is 0 Å². The van der Waals surface area contributed by atoms with Gasteiger partial charge in [0.1, 0.15) is 16.7 Å². The van der Waals surface area contributed by atoms with Gasteiger partial charge < -0.3 is 4.74 Å². The van der Waals surface area contributed by atoms with E-state index in [0.29, 0.717) is 5.15 Å². The summed E-state index contributed by atoms with van der Waals surface area (Å²) < 4.78 is 5.31. The Bertz CT molecular complexity index is 944. The summed E-state index contributed by atoms with van der Waals surface area (Å²) in [6, 6.07) is 7.92. The second-order valence-electron chi connectivity index (χ2n) is 6.35. The minimum atomic E-state index is 0.559. The SMILES string of the molecule is COc1ccc2nc(Cl)c(CN3CCc4nc(C)ncc4C3)cc2c1. The molecule has 128 valence electrons. The van der Waals surface area contributed by atoms with Gasteiger partial charge in [-0.05, 0) is 31.2 Å². The summed E-state index contributed by atoms with van der Waals surface area (Å²) in [6.07, 6.45) is 2.88. The molecule has 0 bridgehead atoms. The minimum absolute atomic E-state index is 0.559. The lowest BCUT2D eigenvalue weighted by Gasteiger charge is -2.28. The van der Waals surface area contributed by atoms with Crippen LogP contribution in [0, 0.1) is 6.92 Å². The molecule has 0 saturated carbocycles. The molecule has 0 radical (unpaired) electrons. The third-order valence-corrected chi connectivity index (χ3v) is 4.90. The van der Waals surface area contributed by atoms with Gasteiger partial charge in [0.25, 0.3) is 0 Å². The zero-order valence-corrected chi connectivity index (χ0v) is 15.0. The number of benzene rings is 1. The lowest BCUT2D eigenvalue weighted by Crippen LogP contribution is -2.31. The Morgan fingerprint density at radius 2 is 2.12 bits per heavy atom. The van der Waals surface area contributed by atoms with Crippen LogP contribution in [-0.2, 0) is 19.5 Å². The van der Waals surface area contributed by atoms with Gasteiger partial charge in [-0.2, -0.15) is 0 Å². The molecule has 1 aromatic carbocycles. The Hall–Kier alpha value is -2.24. The maximum absolute atomic E-state index is 6.42. The topological polar surface area (TPSA) is 51.1 Å². The standard InChI is InChI=1S/C19H19ClN4O/c1-12-21-9-15-11-24(6-5-18(15)22-12)10-14-7-13-8-16(25-2)3-4-17(13)23-19(14)20/h3-4,7-9H,5-6,10-11H2,1-2H3. The molecule has 0 amide bonds. The molecule has 3 aromatic rings. The molecule has 6 heteroatoms. The van der Waals surface area contributed by atoms with Crippen LogP contribution in [0.4, 0.5) is 0 Å². The molecule has 0 N–H and O–H groups in total. The van der Waals surface area contributed by atoms with E-state index in [-0.39, 0.29) is 0 Å². The van der Waals surface area contributed by atoms with Crippen molar-refractivity contribution in [3.8, 4) is 5.75 Å². The highest BCUT2D eigenvalue weighted by Gasteiger charge is 2.19. The first-order chi connectivity index (χ1) is 12.1. The fraction of sp³-hybridized carbons (Fsp3) is 0.316. The lowest BCUT2D eigenvalue weighted by atomic mass is 10.1. The smallest absolute Gasteiger partial charge is 0.134 e. The quantitative estimate of drug-likeness (QED) is 0.673. The summed E-state index contributed by atoms with van der Waals surface area (Å²) in [5.41, 5.74) is 4.26. The molecule has 1 aliphatic heterocycles. The Labute approximate surface area is 151 Å². The molecule has 0 saturated heterocycles. The van der Waals surface area contributed by atoms with Gasteiger partial charge in [-0.1, -0.05) is 11.6 Å². The van der Waals surface area contributed by atoms with Gasteiger partial charge in [0, 0.05) is 54.5 Å². The highest BCUT2D eigenvalue weighted by Crippen LogP contribution is 2.26. The van der Waals surface area contributed by atoms with E-state index in [0.717, 1.165) is 59.8 Å². The predicted octanol–water partition coefficient (Wildman–Crippen LogP) is 3.55. The van der Waals surface area contributed by atoms with E-state index in [9.17, 15) is 0 Å². The normalized spacial score (nSPS) is 14.5. The molecule has 0 fully saturated rings. The van der Waals surface area contributed by atoms with E-state index in [1.807, 2.05) is 31.3 Å². The van der Waals surface area contributed by atoms with Crippen LogP contribution in [0.2, 0.25) is 5.15 Å². The molecule has 1 aliphatic rings. The van der Waals surface area contributed by atoms with Gasteiger partial charge in [0.2, 0.25) is 0 Å². The van der Waals surface area contributed by atoms with Crippen LogP contribution in [-0.4, -0.2) is 33.5 Å². The number of pyridine rings is 1. The molecule has 2 aromatic heterocycles. The molecular weight excluding hydrogens is 336 g/mol. The first-order valence-corrected chi connectivity index (χ1v) is 8.67. The average Bonchev–Trinajstić information content (AvgIpc) is 2.62. The number of nitrogens with zero attached hydrogens (tertiary/aromatic N) is 4. The van der Waals surface area contributed by atoms with Crippen molar-refractivity contribution in [1.29, 1.82) is 0 Å². The minimum Gasteiger partial charge on any atom is -0.497 e. The van der Waals surface area contributed by atoms with Gasteiger partial charge in [0.15, 0.2) is 0 Å². The average molecular weight is 355 g/mol. The second-order valence-corrected chi connectivity index (χ2v) is 6.70. The number of hydrogen-bond acceptors (Lipinski definition) is 5. The van der Waals surface area contributed by atoms with E-state index >= 15 is 0 Å². The van der Waals surface area contributed by atoms with E-state index in [1.54, 1.807) is 7.11 Å². The fourth-order valence-electron chi connectivity index (χ4n) is 3.26. The van der Waals surface area contributed by atoms with Crippen LogP contribution in [0.25, 0.3) is 10.9 Å². The summed E-state index contributed by atoms with van der Waals surface area (Å²) in [6.45, 7) is 4.48. The van der Waals surface area contributed by atoms with E-state index in [4.69, 9.17) is 16.3 Å². The van der Waals surface area contributed by atoms with Gasteiger partial charge in [0.05, 0.1) is 12.6 Å². The zero-order valence-electron chi connectivity index (χ0n) is 14.3. The summed E-state index contributed by atoms with van der Waals surface area (Å²) in [5.74, 6) is 1.66. The van der Waals surface area contributed by atoms with Crippen molar-refractivity contribution >= 4 is 22.5 Å². The van der Waals surface area contributed by atoms with Crippen molar-refractivity contribution in [2.75, 3.05) is 13.7 Å². The van der Waals surface area contributed by atoms with E-state index < -0.39 is 0 Å². The number of ether oxygens (including phenoxy) is 1. The Morgan fingerprint density at radius 1 is 1.24 bits per heavy atom. The van der Waals surface area contributed by atoms with Crippen molar-refractivity contribution in [2.45, 2.75) is 26.4 Å². The van der Waals surface area contributed by atoms with E-state index in [2.05, 4.69) is 25.9 Å². The summed E-state index contributed by atoms with van der Waals surface area (Å²) in [7, 11) is 1.67. The Kier molecular flexibility index (Phi) is 4.27. The van der Waals surface area contributed by atoms with Gasteiger partial charge >= 0.3 is 0 Å². The molecule has 5 nitrogen and oxygen atoms in total. The summed E-state index contributed by atoms with van der Waals surface area (Å²) in [4.78, 5) is 15.8. The van der Waals surface area contributed by atoms with Crippen molar-refractivity contribution < 1.29 is 4.74 Å². The Balaban J connectivity index is 1.60. The van der Waals surface area contributed by atoms with Crippen LogP contribution in [0.5, 0.6) is 5.75 Å². The van der Waals surface area contributed by atoms with Crippen LogP contribution in [0.1, 0.15) is 22.6 Å². The largest absolute Gasteiger partial charge is 0.497 e. The number of methoxy groups -OCH3 is 1. The van der Waals surface area contributed by atoms with Crippen LogP contribution >= 0.6 is 11.6 Å². The maximum Gasteiger partial charge on any atom is 0.134 e. The molecule has 0 spiro atoms. The first-order valence-electron chi connectivity index (χ1n) is 8.29. The van der Waals surface area contributed by atoms with Gasteiger partial charge in [-0.25, -0.2) is 15.0 Å². The third kappa shape index (κ3) is 3.30. The van der Waals surface area contributed by atoms with E-state index in [1.165, 1.54) is 5.56 Å². The molecular formula is C19H19ClN4O. The molecule has 0 aliphatic carbocycles. The van der Waals surface area contributed by atoms with Crippen LogP contribution in [0.3, 0.4) is 0 Å². The highest BCUT2D eigenvalue weighted by atomic mass is 35.5. The molecule has 4 rings (SSSR count). The second kappa shape index (κ2) is 6.58. The number of aromatic nitrogens is 3. The summed E-state index contributed by atoms with van der Waals surface area (Å²) >= 11 is 6.42. The number of aryl methyl sites for hydroxylation is 1. The zero-order chi connectivity index (χ0) is 17.4. The fourth-order valence-corrected chi connectivity index (χ4v) is 3.47. The monoisotopic (exact) mass is 354 g/mol. The van der Waals surface area contributed by atoms with Crippen molar-refractivity contribution in [3.05, 3.63) is 58.3 Å². The highest BCUT2D eigenvalue weighted by molar-refractivity contribution is 6.30. The molecule has 25 heavy (non-hydrogen) atoms. The summed E-state index contributed by atoms with van der Waals surface area (Å²) in [5, 5.41) is 1.60. The number of halogens is 1. The molecule has 0 unspecified atom stereocenters. The predicted molar refractivity (Wildman–Crippen MR) is 97.9 cm³/mol. The first kappa shape index (κ1) is 16.2. The number of fused-ring (bicyclic) bond motifs is 2. The van der Waals surface area contributed by atoms with Crippen molar-refractivity contribution in [2.24, 2.45) is 0 Å². The number of hydrogen-bond donors (Lipinski definition) is 0. The van der Waals surface area contributed by atoms with Crippen molar-refractivity contribution in [1.82, 2.24) is 19.9 Å². The maximum atomic E-state index is 6.42. The Morgan fingerprint density at radius 3 is 2.96 bits per heavy atom. The van der Waals surface area contributed by atoms with Gasteiger partial charge in [-0.3, -0.25) is 4.90 Å². The molecule has 3 heterocycles. The van der Waals surface area contributed by atoms with Crippen LogP contribution in [0.15, 0.2) is 30.5 Å². The van der Waals surface area contributed by atoms with Crippen LogP contribution < -0.4 is 4.74 Å². The number of rotatable bonds is 3. The lowest BCUT2D eigenvalue weighted by molar-refractivity contribution is 0.242. The third-order valence-electron chi connectivity index (χ3n) is 4.58.